The Balaban J connectivity index is 1.82. The summed E-state index contributed by atoms with van der Waals surface area (Å²) >= 11 is 0. The van der Waals surface area contributed by atoms with E-state index in [1.807, 2.05) is 30.0 Å². The number of sulfonamides is 1. The van der Waals surface area contributed by atoms with E-state index in [2.05, 4.69) is 5.32 Å². The second-order valence-electron chi connectivity index (χ2n) is 8.10. The van der Waals surface area contributed by atoms with Crippen LogP contribution in [0.2, 0.25) is 0 Å². The van der Waals surface area contributed by atoms with E-state index in [9.17, 15) is 18.0 Å². The Labute approximate surface area is 201 Å². The molecule has 9 heteroatoms. The number of nitrogens with one attached hydrogen (secondary N) is 1. The van der Waals surface area contributed by atoms with E-state index in [1.54, 1.807) is 26.0 Å². The van der Waals surface area contributed by atoms with E-state index >= 15 is 0 Å². The molecule has 1 fully saturated rings. The first-order valence-corrected chi connectivity index (χ1v) is 13.2. The number of carbonyl (C=O) groups is 2. The summed E-state index contributed by atoms with van der Waals surface area (Å²) in [5.41, 5.74) is 2.43. The van der Waals surface area contributed by atoms with Crippen LogP contribution in [-0.2, 0) is 26.0 Å². The highest BCUT2D eigenvalue weighted by atomic mass is 32.2. The van der Waals surface area contributed by atoms with Crippen LogP contribution < -0.4 is 10.2 Å². The zero-order valence-corrected chi connectivity index (χ0v) is 20.9. The zero-order chi connectivity index (χ0) is 24.7. The van der Waals surface area contributed by atoms with Gasteiger partial charge in [0, 0.05) is 31.9 Å². The van der Waals surface area contributed by atoms with Crippen molar-refractivity contribution < 1.29 is 22.7 Å². The lowest BCUT2D eigenvalue weighted by atomic mass is 10.1. The van der Waals surface area contributed by atoms with E-state index in [-0.39, 0.29) is 10.5 Å². The van der Waals surface area contributed by atoms with Gasteiger partial charge in [-0.3, -0.25) is 4.79 Å². The first-order valence-electron chi connectivity index (χ1n) is 11.8. The molecule has 0 bridgehead atoms. The standard InChI is InChI=1S/C25H33N3O5S/c1-4-19-11-7-8-12-22(19)26-24(29)18-33-25(30)21-17-20(34(31,32)28(5-2)6-3)13-14-23(21)27-15-9-10-16-27/h7-8,11-14,17H,4-6,9-10,15-16,18H2,1-3H3,(H,26,29). The Hall–Kier alpha value is -2.91. The number of ether oxygens (including phenoxy) is 1. The van der Waals surface area contributed by atoms with E-state index in [1.165, 1.54) is 16.4 Å². The maximum absolute atomic E-state index is 13.1. The van der Waals surface area contributed by atoms with Crippen molar-refractivity contribution in [2.24, 2.45) is 0 Å². The normalized spacial score (nSPS) is 13.8. The zero-order valence-electron chi connectivity index (χ0n) is 20.0. The largest absolute Gasteiger partial charge is 0.452 e. The molecule has 184 valence electrons. The topological polar surface area (TPSA) is 96.0 Å². The molecule has 1 N–H and O–H groups in total. The molecule has 0 unspecified atom stereocenters. The number of rotatable bonds is 10. The van der Waals surface area contributed by atoms with Crippen molar-refractivity contribution in [1.29, 1.82) is 0 Å². The van der Waals surface area contributed by atoms with Crippen molar-refractivity contribution in [2.45, 2.75) is 44.9 Å². The van der Waals surface area contributed by atoms with Gasteiger partial charge in [-0.15, -0.1) is 0 Å². The third kappa shape index (κ3) is 5.77. The maximum atomic E-state index is 13.1. The minimum absolute atomic E-state index is 0.0346. The van der Waals surface area contributed by atoms with Crippen molar-refractivity contribution in [1.82, 2.24) is 4.31 Å². The second-order valence-corrected chi connectivity index (χ2v) is 10.0. The highest BCUT2D eigenvalue weighted by Crippen LogP contribution is 2.29. The van der Waals surface area contributed by atoms with E-state index < -0.39 is 28.5 Å². The van der Waals surface area contributed by atoms with Crippen LogP contribution in [0, 0.1) is 0 Å². The summed E-state index contributed by atoms with van der Waals surface area (Å²) in [5, 5.41) is 2.77. The van der Waals surface area contributed by atoms with Crippen molar-refractivity contribution in [3.63, 3.8) is 0 Å². The predicted octanol–water partition coefficient (Wildman–Crippen LogP) is 3.68. The Morgan fingerprint density at radius 1 is 1.03 bits per heavy atom. The minimum Gasteiger partial charge on any atom is -0.452 e. The molecule has 3 rings (SSSR count). The molecule has 1 saturated heterocycles. The van der Waals surface area contributed by atoms with Crippen molar-refractivity contribution >= 4 is 33.3 Å². The third-order valence-corrected chi connectivity index (χ3v) is 8.03. The molecular formula is C25H33N3O5S. The van der Waals surface area contributed by atoms with Crippen LogP contribution in [0.15, 0.2) is 47.4 Å². The number of nitrogens with zero attached hydrogens (tertiary/aromatic N) is 2. The number of hydrogen-bond acceptors (Lipinski definition) is 6. The summed E-state index contributed by atoms with van der Waals surface area (Å²) in [6.07, 6.45) is 2.74. The van der Waals surface area contributed by atoms with Crippen molar-refractivity contribution in [2.75, 3.05) is 43.0 Å². The molecule has 1 aliphatic rings. The van der Waals surface area contributed by atoms with Gasteiger partial charge < -0.3 is 15.0 Å². The lowest BCUT2D eigenvalue weighted by Crippen LogP contribution is -2.31. The van der Waals surface area contributed by atoms with Gasteiger partial charge in [0.05, 0.1) is 16.1 Å². The number of para-hydroxylation sites is 1. The smallest absolute Gasteiger partial charge is 0.340 e. The van der Waals surface area contributed by atoms with Gasteiger partial charge in [-0.2, -0.15) is 4.31 Å². The second kappa shape index (κ2) is 11.5. The maximum Gasteiger partial charge on any atom is 0.340 e. The highest BCUT2D eigenvalue weighted by molar-refractivity contribution is 7.89. The fourth-order valence-electron chi connectivity index (χ4n) is 4.13. The average molecular weight is 488 g/mol. The van der Waals surface area contributed by atoms with Crippen LogP contribution in [0.3, 0.4) is 0 Å². The first kappa shape index (κ1) is 25.7. The summed E-state index contributed by atoms with van der Waals surface area (Å²) in [6.45, 7) is 7.26. The molecule has 1 heterocycles. The van der Waals surface area contributed by atoms with Crippen LogP contribution >= 0.6 is 0 Å². The fourth-order valence-corrected chi connectivity index (χ4v) is 5.62. The Morgan fingerprint density at radius 2 is 1.71 bits per heavy atom. The Bertz CT molecular complexity index is 1120. The van der Waals surface area contributed by atoms with E-state index in [0.717, 1.165) is 37.9 Å². The van der Waals surface area contributed by atoms with E-state index in [0.29, 0.717) is 24.5 Å². The molecule has 2 aromatic carbocycles. The summed E-state index contributed by atoms with van der Waals surface area (Å²) < 4.78 is 32.7. The molecule has 34 heavy (non-hydrogen) atoms. The van der Waals surface area contributed by atoms with Gasteiger partial charge >= 0.3 is 5.97 Å². The van der Waals surface area contributed by atoms with Crippen LogP contribution in [0.25, 0.3) is 0 Å². The van der Waals surface area contributed by atoms with Crippen LogP contribution in [0.4, 0.5) is 11.4 Å². The third-order valence-electron chi connectivity index (χ3n) is 5.98. The molecule has 2 aromatic rings. The summed E-state index contributed by atoms with van der Waals surface area (Å²) in [5.74, 6) is -1.18. The molecule has 0 aromatic heterocycles. The number of benzene rings is 2. The number of hydrogen-bond donors (Lipinski definition) is 1. The number of anilines is 2. The molecule has 0 atom stereocenters. The van der Waals surface area contributed by atoms with Gasteiger partial charge in [0.2, 0.25) is 10.0 Å². The fraction of sp³-hybridized carbons (Fsp3) is 0.440. The minimum atomic E-state index is -3.75. The van der Waals surface area contributed by atoms with Gasteiger partial charge in [0.15, 0.2) is 6.61 Å². The lowest BCUT2D eigenvalue weighted by Gasteiger charge is -2.23. The molecule has 8 nitrogen and oxygen atoms in total. The Morgan fingerprint density at radius 3 is 2.35 bits per heavy atom. The average Bonchev–Trinajstić information content (AvgIpc) is 3.38. The summed E-state index contributed by atoms with van der Waals surface area (Å²) in [7, 11) is -3.75. The summed E-state index contributed by atoms with van der Waals surface area (Å²) in [6, 6.07) is 12.0. The van der Waals surface area contributed by atoms with Gasteiger partial charge in [0.25, 0.3) is 5.91 Å². The molecule has 0 spiro atoms. The summed E-state index contributed by atoms with van der Waals surface area (Å²) in [4.78, 5) is 27.6. The van der Waals surface area contributed by atoms with Crippen molar-refractivity contribution in [3.8, 4) is 0 Å². The number of amides is 1. The number of esters is 1. The molecular weight excluding hydrogens is 454 g/mol. The van der Waals surface area contributed by atoms with Crippen LogP contribution in [0.5, 0.6) is 0 Å². The van der Waals surface area contributed by atoms with Crippen LogP contribution in [-0.4, -0.2) is 57.4 Å². The van der Waals surface area contributed by atoms with Crippen LogP contribution in [0.1, 0.15) is 49.5 Å². The molecule has 1 aliphatic heterocycles. The van der Waals surface area contributed by atoms with E-state index in [4.69, 9.17) is 4.74 Å². The molecule has 0 saturated carbocycles. The van der Waals surface area contributed by atoms with Crippen molar-refractivity contribution in [3.05, 3.63) is 53.6 Å². The predicted molar refractivity (Wildman–Crippen MR) is 133 cm³/mol. The van der Waals surface area contributed by atoms with Gasteiger partial charge in [-0.1, -0.05) is 39.0 Å². The quantitative estimate of drug-likeness (QED) is 0.514. The number of aryl methyl sites for hydroxylation is 1. The lowest BCUT2D eigenvalue weighted by molar-refractivity contribution is -0.119. The number of carbonyl (C=O) groups excluding carboxylic acids is 2. The SMILES string of the molecule is CCc1ccccc1NC(=O)COC(=O)c1cc(S(=O)(=O)N(CC)CC)ccc1N1CCCC1. The molecule has 1 amide bonds. The first-order chi connectivity index (χ1) is 16.3. The molecule has 0 aliphatic carbocycles. The van der Waals surface area contributed by atoms with Gasteiger partial charge in [-0.25, -0.2) is 13.2 Å². The van der Waals surface area contributed by atoms with Gasteiger partial charge in [0.1, 0.15) is 0 Å². The van der Waals surface area contributed by atoms with Gasteiger partial charge in [-0.05, 0) is 49.1 Å². The highest BCUT2D eigenvalue weighted by Gasteiger charge is 2.27. The monoisotopic (exact) mass is 487 g/mol. The Kier molecular flexibility index (Phi) is 8.68. The molecule has 0 radical (unpaired) electrons.